The van der Waals surface area contributed by atoms with Crippen LogP contribution in [0.4, 0.5) is 0 Å². The Hall–Kier alpha value is -1.31. The third-order valence-electron chi connectivity index (χ3n) is 1.05. The number of nitrogens with one attached hydrogen (secondary N) is 1. The van der Waals surface area contributed by atoms with Gasteiger partial charge in [0, 0.05) is 0 Å². The highest BCUT2D eigenvalue weighted by Gasteiger charge is 1.85. The molecule has 51 valence electrons. The first kappa shape index (κ1) is 6.81. The smallest absolute Gasteiger partial charge is 0.131 e. The quantitative estimate of drug-likeness (QED) is 0.625. The van der Waals surface area contributed by atoms with Gasteiger partial charge in [-0.25, -0.2) is 0 Å². The van der Waals surface area contributed by atoms with Crippen LogP contribution < -0.4 is 4.74 Å². The maximum Gasteiger partial charge on any atom is 0.131 e. The lowest BCUT2D eigenvalue weighted by atomic mass is 10.3. The molecule has 0 aliphatic rings. The Morgan fingerprint density at radius 2 is 2.00 bits per heavy atom. The third kappa shape index (κ3) is 1.90. The Morgan fingerprint density at radius 1 is 1.30 bits per heavy atom. The molecule has 1 aromatic rings. The Labute approximate surface area is 60.0 Å². The topological polar surface area (TPSA) is 33.1 Å². The fraction of sp³-hybridized carbons (Fsp3) is 0.125. The van der Waals surface area contributed by atoms with Gasteiger partial charge in [0.25, 0.3) is 0 Å². The van der Waals surface area contributed by atoms with Gasteiger partial charge in [-0.2, -0.15) is 0 Å². The molecular weight excluding hydrogens is 126 g/mol. The minimum Gasteiger partial charge on any atom is -0.487 e. The molecule has 1 N–H and O–H groups in total. The molecule has 0 spiro atoms. The van der Waals surface area contributed by atoms with E-state index in [4.69, 9.17) is 10.1 Å². The van der Waals surface area contributed by atoms with Crippen LogP contribution in [-0.4, -0.2) is 12.8 Å². The maximum atomic E-state index is 6.58. The molecule has 2 heteroatoms. The fourth-order valence-electron chi connectivity index (χ4n) is 0.636. The Morgan fingerprint density at radius 3 is 2.60 bits per heavy atom. The summed E-state index contributed by atoms with van der Waals surface area (Å²) in [6.45, 7) is 0.226. The molecule has 1 rings (SSSR count). The molecule has 0 heterocycles. The van der Waals surface area contributed by atoms with Gasteiger partial charge >= 0.3 is 0 Å². The predicted molar refractivity (Wildman–Crippen MR) is 39.7 cm³/mol. The van der Waals surface area contributed by atoms with Gasteiger partial charge in [-0.1, -0.05) is 18.2 Å². The van der Waals surface area contributed by atoms with Crippen LogP contribution in [-0.2, 0) is 0 Å². The van der Waals surface area contributed by atoms with Crippen molar-refractivity contribution in [3.8, 4) is 5.75 Å². The molecule has 0 unspecified atom stereocenters. The summed E-state index contributed by atoms with van der Waals surface area (Å²) in [5, 5.41) is 6.58. The van der Waals surface area contributed by atoms with E-state index in [0.29, 0.717) is 0 Å². The average Bonchev–Trinajstić information content (AvgIpc) is 2.03. The first-order chi connectivity index (χ1) is 4.93. The number of rotatable bonds is 3. The van der Waals surface area contributed by atoms with Gasteiger partial charge in [0.05, 0.1) is 6.21 Å². The van der Waals surface area contributed by atoms with E-state index in [9.17, 15) is 0 Å². The summed E-state index contributed by atoms with van der Waals surface area (Å²) in [5.74, 6) is 0.780. The minimum atomic E-state index is 0.226. The molecule has 1 aromatic carbocycles. The van der Waals surface area contributed by atoms with Crippen molar-refractivity contribution in [3.05, 3.63) is 30.3 Å². The van der Waals surface area contributed by atoms with Gasteiger partial charge in [-0.15, -0.1) is 0 Å². The second kappa shape index (κ2) is 3.67. The molecule has 0 aliphatic heterocycles. The van der Waals surface area contributed by atoms with Crippen LogP contribution in [0.15, 0.2) is 30.3 Å². The van der Waals surface area contributed by atoms with Crippen LogP contribution in [0.5, 0.6) is 5.75 Å². The van der Waals surface area contributed by atoms with Crippen molar-refractivity contribution in [3.63, 3.8) is 0 Å². The molecule has 0 amide bonds. The van der Waals surface area contributed by atoms with Crippen molar-refractivity contribution in [2.24, 2.45) is 0 Å². The van der Waals surface area contributed by atoms with Crippen LogP contribution in [0.2, 0.25) is 0 Å². The predicted octanol–water partition coefficient (Wildman–Crippen LogP) is 1.59. The largest absolute Gasteiger partial charge is 0.487 e. The van der Waals surface area contributed by atoms with Crippen LogP contribution in [0, 0.1) is 5.41 Å². The van der Waals surface area contributed by atoms with E-state index in [1.807, 2.05) is 30.3 Å². The van der Waals surface area contributed by atoms with Crippen LogP contribution in [0.1, 0.15) is 0 Å². The summed E-state index contributed by atoms with van der Waals surface area (Å²) in [5.41, 5.74) is 0. The van der Waals surface area contributed by atoms with Crippen molar-refractivity contribution >= 4 is 6.21 Å². The molecule has 0 aromatic heterocycles. The monoisotopic (exact) mass is 134 g/mol. The molecule has 2 nitrogen and oxygen atoms in total. The van der Waals surface area contributed by atoms with Crippen LogP contribution >= 0.6 is 0 Å². The van der Waals surface area contributed by atoms with Gasteiger partial charge in [0.1, 0.15) is 12.4 Å². The highest BCUT2D eigenvalue weighted by Crippen LogP contribution is 2.06. The Bertz CT molecular complexity index is 196. The maximum absolute atomic E-state index is 6.58. The van der Waals surface area contributed by atoms with E-state index in [2.05, 4.69) is 6.21 Å². The summed E-state index contributed by atoms with van der Waals surface area (Å²) in [6.07, 6.45) is 2.14. The number of hydrogen-bond acceptors (Lipinski definition) is 2. The first-order valence-corrected chi connectivity index (χ1v) is 3.01. The highest BCUT2D eigenvalue weighted by atomic mass is 16.5. The van der Waals surface area contributed by atoms with Crippen molar-refractivity contribution in [1.82, 2.24) is 0 Å². The second-order valence-corrected chi connectivity index (χ2v) is 1.78. The van der Waals surface area contributed by atoms with Crippen molar-refractivity contribution in [2.45, 2.75) is 0 Å². The van der Waals surface area contributed by atoms with Crippen LogP contribution in [0.25, 0.3) is 0 Å². The van der Waals surface area contributed by atoms with E-state index in [1.54, 1.807) is 0 Å². The lowest BCUT2D eigenvalue weighted by molar-refractivity contribution is 0.380. The molecule has 1 radical (unpaired) electrons. The molecule has 0 bridgehead atoms. The van der Waals surface area contributed by atoms with Gasteiger partial charge in [0.15, 0.2) is 0 Å². The van der Waals surface area contributed by atoms with E-state index in [-0.39, 0.29) is 6.61 Å². The summed E-state index contributed by atoms with van der Waals surface area (Å²) < 4.78 is 5.06. The SMILES string of the molecule is N=[C]COc1ccccc1. The van der Waals surface area contributed by atoms with E-state index < -0.39 is 0 Å². The highest BCUT2D eigenvalue weighted by molar-refractivity contribution is 5.54. The molecule has 0 atom stereocenters. The third-order valence-corrected chi connectivity index (χ3v) is 1.05. The molecule has 10 heavy (non-hydrogen) atoms. The summed E-state index contributed by atoms with van der Waals surface area (Å²) in [6, 6.07) is 9.38. The van der Waals surface area contributed by atoms with Gasteiger partial charge in [-0.3, -0.25) is 5.41 Å². The zero-order valence-corrected chi connectivity index (χ0v) is 5.50. The minimum absolute atomic E-state index is 0.226. The van der Waals surface area contributed by atoms with Crippen molar-refractivity contribution in [2.75, 3.05) is 6.61 Å². The second-order valence-electron chi connectivity index (χ2n) is 1.78. The number of benzene rings is 1. The summed E-state index contributed by atoms with van der Waals surface area (Å²) in [4.78, 5) is 0. The van der Waals surface area contributed by atoms with Gasteiger partial charge in [0.2, 0.25) is 0 Å². The summed E-state index contributed by atoms with van der Waals surface area (Å²) in [7, 11) is 0. The van der Waals surface area contributed by atoms with E-state index >= 15 is 0 Å². The van der Waals surface area contributed by atoms with Gasteiger partial charge < -0.3 is 4.74 Å². The Kier molecular flexibility index (Phi) is 2.49. The summed E-state index contributed by atoms with van der Waals surface area (Å²) >= 11 is 0. The Balaban J connectivity index is 2.50. The van der Waals surface area contributed by atoms with E-state index in [0.717, 1.165) is 5.75 Å². The van der Waals surface area contributed by atoms with Crippen LogP contribution in [0.3, 0.4) is 0 Å². The molecular formula is C8H8NO. The average molecular weight is 134 g/mol. The zero-order valence-electron chi connectivity index (χ0n) is 5.50. The lowest BCUT2D eigenvalue weighted by Gasteiger charge is -1.98. The molecule has 0 saturated heterocycles. The van der Waals surface area contributed by atoms with Crippen molar-refractivity contribution in [1.29, 1.82) is 5.41 Å². The standard InChI is InChI=1S/C8H8NO/c9-6-7-10-8-4-2-1-3-5-8/h1-5,9H,7H2. The van der Waals surface area contributed by atoms with E-state index in [1.165, 1.54) is 0 Å². The zero-order chi connectivity index (χ0) is 7.23. The fourth-order valence-corrected chi connectivity index (χ4v) is 0.636. The molecule has 0 aliphatic carbocycles. The lowest BCUT2D eigenvalue weighted by Crippen LogP contribution is -1.96. The number of para-hydroxylation sites is 1. The molecule has 0 fully saturated rings. The normalized spacial score (nSPS) is 8.80. The van der Waals surface area contributed by atoms with Gasteiger partial charge in [-0.05, 0) is 12.1 Å². The van der Waals surface area contributed by atoms with Crippen molar-refractivity contribution < 1.29 is 4.74 Å². The number of hydrogen-bond donors (Lipinski definition) is 1. The molecule has 0 saturated carbocycles. The first-order valence-electron chi connectivity index (χ1n) is 3.01. The number of ether oxygens (including phenoxy) is 1.